The van der Waals surface area contributed by atoms with E-state index in [4.69, 9.17) is 0 Å². The summed E-state index contributed by atoms with van der Waals surface area (Å²) < 4.78 is 0. The van der Waals surface area contributed by atoms with Crippen molar-refractivity contribution in [1.82, 2.24) is 0 Å². The van der Waals surface area contributed by atoms with Gasteiger partial charge in [0.25, 0.3) is 0 Å². The summed E-state index contributed by atoms with van der Waals surface area (Å²) in [5.41, 5.74) is 0. The van der Waals surface area contributed by atoms with Crippen LogP contribution in [-0.4, -0.2) is 0 Å². The van der Waals surface area contributed by atoms with E-state index in [0.29, 0.717) is 0 Å². The van der Waals surface area contributed by atoms with E-state index < -0.39 is 0 Å². The summed E-state index contributed by atoms with van der Waals surface area (Å²) in [6, 6.07) is 0. The van der Waals surface area contributed by atoms with Crippen LogP contribution in [0.3, 0.4) is 0 Å². The van der Waals surface area contributed by atoms with Crippen LogP contribution in [0.4, 0.5) is 0 Å². The van der Waals surface area contributed by atoms with E-state index >= 15 is 0 Å². The molecule has 1 rings (SSSR count). The molecule has 0 heterocycles. The molecule has 0 spiro atoms. The summed E-state index contributed by atoms with van der Waals surface area (Å²) in [5, 5.41) is 0. The molecule has 0 aromatic carbocycles. The van der Waals surface area contributed by atoms with Gasteiger partial charge < -0.3 is 0 Å². The van der Waals surface area contributed by atoms with Crippen molar-refractivity contribution in [3.8, 4) is 0 Å². The average molecular weight is 294 g/mol. The number of hydrogen-bond donors (Lipinski definition) is 0. The molecule has 21 heavy (non-hydrogen) atoms. The Kier molecular flexibility index (Phi) is 13.5. The van der Waals surface area contributed by atoms with Crippen molar-refractivity contribution in [3.05, 3.63) is 6.42 Å². The van der Waals surface area contributed by atoms with Crippen molar-refractivity contribution >= 4 is 0 Å². The fourth-order valence-electron chi connectivity index (χ4n) is 3.20. The van der Waals surface area contributed by atoms with Crippen molar-refractivity contribution in [3.63, 3.8) is 0 Å². The molecule has 0 nitrogen and oxygen atoms in total. The number of unbranched alkanes of at least 4 members (excludes halogenated alkanes) is 15. The van der Waals surface area contributed by atoms with Crippen LogP contribution in [0.5, 0.6) is 0 Å². The summed E-state index contributed by atoms with van der Waals surface area (Å²) in [4.78, 5) is 0. The molecule has 0 saturated heterocycles. The van der Waals surface area contributed by atoms with E-state index in [1.54, 1.807) is 0 Å². The Balaban J connectivity index is 1.59. The molecule has 0 aromatic rings. The summed E-state index contributed by atoms with van der Waals surface area (Å²) in [5.74, 6) is 1.02. The van der Waals surface area contributed by atoms with Gasteiger partial charge in [0, 0.05) is 0 Å². The smallest absolute Gasteiger partial charge is 0.0355 e. The molecule has 1 fully saturated rings. The number of hydrogen-bond acceptors (Lipinski definition) is 0. The second kappa shape index (κ2) is 14.9. The SMILES string of the molecule is CCCCCCCCCCCCCCCCC[CH]C1CC1. The van der Waals surface area contributed by atoms with Crippen LogP contribution < -0.4 is 0 Å². The molecular formula is C21H41. The highest BCUT2D eigenvalue weighted by Crippen LogP contribution is 2.33. The Hall–Kier alpha value is 0. The van der Waals surface area contributed by atoms with Gasteiger partial charge in [0.15, 0.2) is 0 Å². The lowest BCUT2D eigenvalue weighted by Gasteiger charge is -2.03. The standard InChI is InChI=1S/C21H41/c1-2-3-4-5-6-7-8-9-10-11-12-13-14-15-16-17-18-21-19-20-21/h18,21H,2-17,19-20H2,1H3. The summed E-state index contributed by atoms with van der Waals surface area (Å²) >= 11 is 0. The molecular weight excluding hydrogens is 252 g/mol. The maximum absolute atomic E-state index is 2.57. The van der Waals surface area contributed by atoms with E-state index in [1.807, 2.05) is 0 Å². The highest BCUT2D eigenvalue weighted by Gasteiger charge is 2.20. The monoisotopic (exact) mass is 293 g/mol. The Morgan fingerprint density at radius 2 is 0.952 bits per heavy atom. The Bertz CT molecular complexity index is 192. The molecule has 0 aliphatic heterocycles. The number of rotatable bonds is 17. The van der Waals surface area contributed by atoms with Crippen molar-refractivity contribution in [2.75, 3.05) is 0 Å². The van der Waals surface area contributed by atoms with Crippen LogP contribution >= 0.6 is 0 Å². The average Bonchev–Trinajstić information content (AvgIpc) is 3.31. The van der Waals surface area contributed by atoms with E-state index in [2.05, 4.69) is 13.3 Å². The lowest BCUT2D eigenvalue weighted by molar-refractivity contribution is 0.531. The quantitative estimate of drug-likeness (QED) is 0.239. The predicted molar refractivity (Wildman–Crippen MR) is 96.6 cm³/mol. The first kappa shape index (κ1) is 19.0. The lowest BCUT2D eigenvalue weighted by Crippen LogP contribution is -1.84. The Morgan fingerprint density at radius 1 is 0.571 bits per heavy atom. The zero-order valence-electron chi connectivity index (χ0n) is 14.9. The van der Waals surface area contributed by atoms with Crippen molar-refractivity contribution < 1.29 is 0 Å². The van der Waals surface area contributed by atoms with Gasteiger partial charge in [-0.25, -0.2) is 0 Å². The highest BCUT2D eigenvalue weighted by atomic mass is 14.3. The normalized spacial score (nSPS) is 14.7. The van der Waals surface area contributed by atoms with Crippen molar-refractivity contribution in [2.24, 2.45) is 5.92 Å². The second-order valence-corrected chi connectivity index (χ2v) is 7.31. The largest absolute Gasteiger partial charge is 0.0654 e. The van der Waals surface area contributed by atoms with Gasteiger partial charge in [-0.05, 0) is 31.6 Å². The molecule has 0 heteroatoms. The predicted octanol–water partition coefficient (Wildman–Crippen LogP) is 7.86. The summed E-state index contributed by atoms with van der Waals surface area (Å²) in [6.45, 7) is 2.30. The fraction of sp³-hybridized carbons (Fsp3) is 0.952. The molecule has 1 aliphatic rings. The van der Waals surface area contributed by atoms with Crippen LogP contribution in [0.15, 0.2) is 0 Å². The van der Waals surface area contributed by atoms with E-state index in [-0.39, 0.29) is 0 Å². The molecule has 0 aromatic heterocycles. The van der Waals surface area contributed by atoms with Gasteiger partial charge in [-0.2, -0.15) is 0 Å². The zero-order valence-corrected chi connectivity index (χ0v) is 14.9. The van der Waals surface area contributed by atoms with Gasteiger partial charge in [0.05, 0.1) is 0 Å². The van der Waals surface area contributed by atoms with Crippen molar-refractivity contribution in [1.29, 1.82) is 0 Å². The summed E-state index contributed by atoms with van der Waals surface area (Å²) in [7, 11) is 0. The van der Waals surface area contributed by atoms with Crippen LogP contribution in [0, 0.1) is 12.3 Å². The van der Waals surface area contributed by atoms with E-state index in [0.717, 1.165) is 5.92 Å². The Morgan fingerprint density at radius 3 is 1.33 bits per heavy atom. The van der Waals surface area contributed by atoms with Gasteiger partial charge in [0.1, 0.15) is 0 Å². The molecule has 1 saturated carbocycles. The highest BCUT2D eigenvalue weighted by molar-refractivity contribution is 4.86. The Labute approximate surface area is 135 Å². The molecule has 1 radical (unpaired) electrons. The topological polar surface area (TPSA) is 0 Å². The third-order valence-electron chi connectivity index (χ3n) is 4.93. The first-order valence-corrected chi connectivity index (χ1v) is 10.3. The van der Waals surface area contributed by atoms with Crippen LogP contribution in [-0.2, 0) is 0 Å². The van der Waals surface area contributed by atoms with Gasteiger partial charge in [-0.1, -0.05) is 103 Å². The zero-order chi connectivity index (χ0) is 15.0. The van der Waals surface area contributed by atoms with Gasteiger partial charge in [-0.15, -0.1) is 0 Å². The fourth-order valence-corrected chi connectivity index (χ4v) is 3.20. The first-order valence-electron chi connectivity index (χ1n) is 10.3. The molecule has 125 valence electrons. The molecule has 0 bridgehead atoms. The van der Waals surface area contributed by atoms with Gasteiger partial charge >= 0.3 is 0 Å². The summed E-state index contributed by atoms with van der Waals surface area (Å²) in [6.07, 6.45) is 29.0. The maximum Gasteiger partial charge on any atom is -0.0355 e. The van der Waals surface area contributed by atoms with Crippen LogP contribution in [0.1, 0.15) is 122 Å². The minimum absolute atomic E-state index is 1.02. The molecule has 0 amide bonds. The first-order chi connectivity index (χ1) is 10.4. The molecule has 1 aliphatic carbocycles. The minimum Gasteiger partial charge on any atom is -0.0654 e. The van der Waals surface area contributed by atoms with Gasteiger partial charge in [0.2, 0.25) is 0 Å². The van der Waals surface area contributed by atoms with E-state index in [9.17, 15) is 0 Å². The van der Waals surface area contributed by atoms with Gasteiger partial charge in [-0.3, -0.25) is 0 Å². The third kappa shape index (κ3) is 14.7. The third-order valence-corrected chi connectivity index (χ3v) is 4.93. The van der Waals surface area contributed by atoms with E-state index in [1.165, 1.54) is 116 Å². The second-order valence-electron chi connectivity index (χ2n) is 7.31. The van der Waals surface area contributed by atoms with Crippen LogP contribution in [0.25, 0.3) is 0 Å². The molecule has 0 N–H and O–H groups in total. The lowest BCUT2D eigenvalue weighted by atomic mass is 10.0. The van der Waals surface area contributed by atoms with Crippen molar-refractivity contribution in [2.45, 2.75) is 122 Å². The molecule has 0 unspecified atom stereocenters. The minimum atomic E-state index is 1.02. The van der Waals surface area contributed by atoms with Crippen LogP contribution in [0.2, 0.25) is 0 Å². The maximum atomic E-state index is 2.57. The molecule has 0 atom stereocenters.